The van der Waals surface area contributed by atoms with Gasteiger partial charge in [-0.15, -0.1) is 0 Å². The quantitative estimate of drug-likeness (QED) is 0.869. The molecule has 4 heteroatoms. The Morgan fingerprint density at radius 2 is 1.90 bits per heavy atom. The Kier molecular flexibility index (Phi) is 4.38. The summed E-state index contributed by atoms with van der Waals surface area (Å²) in [6, 6.07) is 12.6. The van der Waals surface area contributed by atoms with Gasteiger partial charge in [0.1, 0.15) is 5.75 Å². The van der Waals surface area contributed by atoms with Gasteiger partial charge in [0.15, 0.2) is 0 Å². The van der Waals surface area contributed by atoms with Crippen LogP contribution in [0.4, 0.5) is 0 Å². The van der Waals surface area contributed by atoms with Crippen LogP contribution in [0.15, 0.2) is 42.5 Å². The highest BCUT2D eigenvalue weighted by molar-refractivity contribution is 5.97. The number of ether oxygens (including phenoxy) is 2. The van der Waals surface area contributed by atoms with Crippen molar-refractivity contribution in [1.29, 1.82) is 0 Å². The van der Waals surface area contributed by atoms with E-state index >= 15 is 0 Å². The summed E-state index contributed by atoms with van der Waals surface area (Å²) < 4.78 is 10.0. The molecule has 104 valence electrons. The van der Waals surface area contributed by atoms with Gasteiger partial charge in [-0.2, -0.15) is 0 Å². The minimum atomic E-state index is -0.394. The molecule has 0 spiro atoms. The molecule has 0 atom stereocenters. The second kappa shape index (κ2) is 6.21. The van der Waals surface area contributed by atoms with Crippen molar-refractivity contribution in [3.63, 3.8) is 0 Å². The molecular formula is C16H16O4. The van der Waals surface area contributed by atoms with Gasteiger partial charge in [0.05, 0.1) is 26.4 Å². The van der Waals surface area contributed by atoms with E-state index in [4.69, 9.17) is 9.47 Å². The van der Waals surface area contributed by atoms with Crippen LogP contribution in [0, 0.1) is 0 Å². The smallest absolute Gasteiger partial charge is 0.338 e. The summed E-state index contributed by atoms with van der Waals surface area (Å²) in [6.07, 6.45) is 0. The van der Waals surface area contributed by atoms with Crippen molar-refractivity contribution in [2.24, 2.45) is 0 Å². The van der Waals surface area contributed by atoms with Crippen molar-refractivity contribution in [2.75, 3.05) is 14.2 Å². The third kappa shape index (κ3) is 2.81. The van der Waals surface area contributed by atoms with Crippen LogP contribution in [0.1, 0.15) is 15.9 Å². The molecule has 2 rings (SSSR count). The van der Waals surface area contributed by atoms with Crippen molar-refractivity contribution in [1.82, 2.24) is 0 Å². The second-order valence-electron chi connectivity index (χ2n) is 4.27. The molecule has 1 N–H and O–H groups in total. The summed E-state index contributed by atoms with van der Waals surface area (Å²) in [5, 5.41) is 9.31. The van der Waals surface area contributed by atoms with E-state index < -0.39 is 5.97 Å². The minimum Gasteiger partial charge on any atom is -0.497 e. The van der Waals surface area contributed by atoms with E-state index in [1.165, 1.54) is 7.11 Å². The molecule has 0 aliphatic heterocycles. The highest BCUT2D eigenvalue weighted by Crippen LogP contribution is 2.29. The highest BCUT2D eigenvalue weighted by atomic mass is 16.5. The number of aliphatic hydroxyl groups excluding tert-OH is 1. The van der Waals surface area contributed by atoms with Crippen molar-refractivity contribution >= 4 is 5.97 Å². The van der Waals surface area contributed by atoms with E-state index in [1.807, 2.05) is 24.3 Å². The molecule has 0 bridgehead atoms. The van der Waals surface area contributed by atoms with E-state index in [-0.39, 0.29) is 6.61 Å². The van der Waals surface area contributed by atoms with Crippen LogP contribution in [0.25, 0.3) is 11.1 Å². The summed E-state index contributed by atoms with van der Waals surface area (Å²) in [4.78, 5) is 11.8. The van der Waals surface area contributed by atoms with Crippen LogP contribution in [-0.4, -0.2) is 25.3 Å². The number of methoxy groups -OCH3 is 2. The van der Waals surface area contributed by atoms with Gasteiger partial charge in [-0.05, 0) is 41.0 Å². The van der Waals surface area contributed by atoms with Gasteiger partial charge in [-0.1, -0.05) is 18.2 Å². The molecule has 0 heterocycles. The second-order valence-corrected chi connectivity index (χ2v) is 4.27. The lowest BCUT2D eigenvalue weighted by atomic mass is 9.98. The van der Waals surface area contributed by atoms with E-state index in [0.29, 0.717) is 11.3 Å². The van der Waals surface area contributed by atoms with E-state index in [2.05, 4.69) is 0 Å². The van der Waals surface area contributed by atoms with Gasteiger partial charge in [0, 0.05) is 0 Å². The van der Waals surface area contributed by atoms with Crippen LogP contribution in [-0.2, 0) is 11.3 Å². The molecule has 0 fully saturated rings. The maximum Gasteiger partial charge on any atom is 0.338 e. The molecule has 20 heavy (non-hydrogen) atoms. The topological polar surface area (TPSA) is 55.8 Å². The number of carbonyl (C=O) groups excluding carboxylic acids is 1. The molecule has 2 aromatic carbocycles. The SMILES string of the molecule is COC(=O)c1ccccc1-c1cc(CO)cc(OC)c1. The average molecular weight is 272 g/mol. The zero-order valence-corrected chi connectivity index (χ0v) is 11.4. The van der Waals surface area contributed by atoms with Gasteiger partial charge in [-0.25, -0.2) is 4.79 Å². The normalized spacial score (nSPS) is 10.2. The van der Waals surface area contributed by atoms with Crippen LogP contribution < -0.4 is 4.74 Å². The first-order chi connectivity index (χ1) is 9.69. The number of rotatable bonds is 4. The summed E-state index contributed by atoms with van der Waals surface area (Å²) >= 11 is 0. The number of carbonyl (C=O) groups is 1. The first kappa shape index (κ1) is 14.1. The molecule has 0 saturated heterocycles. The Labute approximate surface area is 117 Å². The monoisotopic (exact) mass is 272 g/mol. The van der Waals surface area contributed by atoms with E-state index in [1.54, 1.807) is 25.3 Å². The van der Waals surface area contributed by atoms with Gasteiger partial charge >= 0.3 is 5.97 Å². The lowest BCUT2D eigenvalue weighted by Gasteiger charge is -2.11. The predicted molar refractivity (Wildman–Crippen MR) is 75.7 cm³/mol. The lowest BCUT2D eigenvalue weighted by Crippen LogP contribution is -2.03. The standard InChI is InChI=1S/C16H16O4/c1-19-13-8-11(10-17)7-12(9-13)14-5-3-4-6-15(14)16(18)20-2/h3-9,17H,10H2,1-2H3. The van der Waals surface area contributed by atoms with Crippen LogP contribution in [0.2, 0.25) is 0 Å². The molecule has 0 amide bonds. The van der Waals surface area contributed by atoms with Crippen molar-refractivity contribution in [3.8, 4) is 16.9 Å². The molecule has 2 aromatic rings. The summed E-state index contributed by atoms with van der Waals surface area (Å²) in [7, 11) is 2.91. The summed E-state index contributed by atoms with van der Waals surface area (Å²) in [5.41, 5.74) is 2.74. The fourth-order valence-electron chi connectivity index (χ4n) is 2.05. The highest BCUT2D eigenvalue weighted by Gasteiger charge is 2.13. The first-order valence-electron chi connectivity index (χ1n) is 6.16. The third-order valence-corrected chi connectivity index (χ3v) is 3.03. The number of aliphatic hydroxyl groups is 1. The molecule has 0 radical (unpaired) electrons. The fourth-order valence-corrected chi connectivity index (χ4v) is 2.05. The maximum absolute atomic E-state index is 11.8. The molecule has 4 nitrogen and oxygen atoms in total. The zero-order valence-electron chi connectivity index (χ0n) is 11.4. The average Bonchev–Trinajstić information content (AvgIpc) is 2.53. The molecule has 0 unspecified atom stereocenters. The van der Waals surface area contributed by atoms with Crippen molar-refractivity contribution in [2.45, 2.75) is 6.61 Å². The lowest BCUT2D eigenvalue weighted by molar-refractivity contribution is 0.0601. The maximum atomic E-state index is 11.8. The van der Waals surface area contributed by atoms with Gasteiger partial charge < -0.3 is 14.6 Å². The molecular weight excluding hydrogens is 256 g/mol. The Hall–Kier alpha value is -2.33. The predicted octanol–water partition coefficient (Wildman–Crippen LogP) is 2.64. The molecule has 0 aliphatic rings. The zero-order chi connectivity index (χ0) is 14.5. The Balaban J connectivity index is 2.59. The largest absolute Gasteiger partial charge is 0.497 e. The van der Waals surface area contributed by atoms with Gasteiger partial charge in [0.25, 0.3) is 0 Å². The van der Waals surface area contributed by atoms with Gasteiger partial charge in [-0.3, -0.25) is 0 Å². The number of hydrogen-bond acceptors (Lipinski definition) is 4. The Morgan fingerprint density at radius 3 is 2.55 bits per heavy atom. The molecule has 0 saturated carbocycles. The van der Waals surface area contributed by atoms with Crippen LogP contribution in [0.3, 0.4) is 0 Å². The molecule has 0 aromatic heterocycles. The van der Waals surface area contributed by atoms with E-state index in [0.717, 1.165) is 16.7 Å². The number of esters is 1. The Morgan fingerprint density at radius 1 is 1.15 bits per heavy atom. The van der Waals surface area contributed by atoms with Crippen molar-refractivity contribution in [3.05, 3.63) is 53.6 Å². The van der Waals surface area contributed by atoms with Crippen LogP contribution in [0.5, 0.6) is 5.75 Å². The third-order valence-electron chi connectivity index (χ3n) is 3.03. The first-order valence-corrected chi connectivity index (χ1v) is 6.16. The van der Waals surface area contributed by atoms with Crippen molar-refractivity contribution < 1.29 is 19.4 Å². The summed E-state index contributed by atoms with van der Waals surface area (Å²) in [6.45, 7) is -0.0927. The van der Waals surface area contributed by atoms with Gasteiger partial charge in [0.2, 0.25) is 0 Å². The number of benzene rings is 2. The van der Waals surface area contributed by atoms with E-state index in [9.17, 15) is 9.90 Å². The Bertz CT molecular complexity index is 597. The minimum absolute atomic E-state index is 0.0927. The molecule has 0 aliphatic carbocycles. The number of hydrogen-bond donors (Lipinski definition) is 1. The van der Waals surface area contributed by atoms with Crippen LogP contribution >= 0.6 is 0 Å². The summed E-state index contributed by atoms with van der Waals surface area (Å²) in [5.74, 6) is 0.236. The fraction of sp³-hybridized carbons (Fsp3) is 0.188.